The lowest BCUT2D eigenvalue weighted by Crippen LogP contribution is -2.23. The third-order valence-corrected chi connectivity index (χ3v) is 4.23. The van der Waals surface area contributed by atoms with Gasteiger partial charge in [0.05, 0.1) is 0 Å². The highest BCUT2D eigenvalue weighted by Crippen LogP contribution is 2.21. The minimum absolute atomic E-state index is 0.178. The number of rotatable bonds is 7. The molecule has 0 aromatic heterocycles. The van der Waals surface area contributed by atoms with E-state index in [-0.39, 0.29) is 11.9 Å². The average molecular weight is 319 g/mol. The number of amides is 1. The average Bonchev–Trinajstić information content (AvgIpc) is 2.96. The van der Waals surface area contributed by atoms with Gasteiger partial charge in [0.1, 0.15) is 6.61 Å². The van der Waals surface area contributed by atoms with Crippen LogP contribution in [0.2, 0.25) is 0 Å². The summed E-state index contributed by atoms with van der Waals surface area (Å²) in [5, 5.41) is 0. The summed E-state index contributed by atoms with van der Waals surface area (Å²) >= 11 is 1.74. The van der Waals surface area contributed by atoms with Crippen molar-refractivity contribution in [1.82, 2.24) is 0 Å². The van der Waals surface area contributed by atoms with Crippen LogP contribution in [-0.2, 0) is 14.3 Å². The fourth-order valence-corrected chi connectivity index (χ4v) is 2.73. The first-order chi connectivity index (χ1) is 10.7. The van der Waals surface area contributed by atoms with Gasteiger partial charge in [0.2, 0.25) is 5.91 Å². The number of carbonyl (C=O) groups is 2. The van der Waals surface area contributed by atoms with Gasteiger partial charge >= 0.3 is 5.97 Å². The highest BCUT2D eigenvalue weighted by Gasteiger charge is 2.21. The Morgan fingerprint density at radius 3 is 2.77 bits per heavy atom. The van der Waals surface area contributed by atoms with Gasteiger partial charge in [0.25, 0.3) is 0 Å². The highest BCUT2D eigenvalue weighted by molar-refractivity contribution is 7.99. The van der Waals surface area contributed by atoms with Gasteiger partial charge in [-0.15, -0.1) is 0 Å². The van der Waals surface area contributed by atoms with E-state index in [1.54, 1.807) is 22.7 Å². The number of hydrogen-bond acceptors (Lipinski definition) is 4. The molecule has 5 heteroatoms. The Labute approximate surface area is 135 Å². The summed E-state index contributed by atoms with van der Waals surface area (Å²) < 4.78 is 5.09. The van der Waals surface area contributed by atoms with Crippen LogP contribution >= 0.6 is 11.8 Å². The standard InChI is InChI=1S/C17H21NO3S/c1-2-22-13-12-21-17(20)10-7-14-5-8-15(9-6-14)18-11-3-4-16(18)19/h5-10H,2-4,11-13H2,1H3/b10-7+. The van der Waals surface area contributed by atoms with Gasteiger partial charge in [-0.2, -0.15) is 11.8 Å². The van der Waals surface area contributed by atoms with Crippen LogP contribution in [-0.4, -0.2) is 36.5 Å². The van der Waals surface area contributed by atoms with Gasteiger partial charge in [-0.25, -0.2) is 4.79 Å². The van der Waals surface area contributed by atoms with E-state index in [0.717, 1.165) is 35.7 Å². The number of hydrogen-bond donors (Lipinski definition) is 0. The molecule has 1 saturated heterocycles. The molecule has 1 heterocycles. The molecule has 118 valence electrons. The molecule has 0 saturated carbocycles. The molecule has 22 heavy (non-hydrogen) atoms. The second kappa shape index (κ2) is 8.63. The summed E-state index contributed by atoms with van der Waals surface area (Å²) in [6.45, 7) is 3.31. The van der Waals surface area contributed by atoms with Crippen LogP contribution in [0.5, 0.6) is 0 Å². The third kappa shape index (κ3) is 4.91. The fourth-order valence-electron chi connectivity index (χ4n) is 2.24. The first kappa shape index (κ1) is 16.6. The van der Waals surface area contributed by atoms with Gasteiger partial charge in [-0.1, -0.05) is 19.1 Å². The number of carbonyl (C=O) groups excluding carboxylic acids is 2. The molecule has 0 unspecified atom stereocenters. The zero-order valence-corrected chi connectivity index (χ0v) is 13.6. The molecule has 1 fully saturated rings. The SMILES string of the molecule is CCSCCOC(=O)/C=C/c1ccc(N2CCCC2=O)cc1. The van der Waals surface area contributed by atoms with Crippen LogP contribution in [0.4, 0.5) is 5.69 Å². The summed E-state index contributed by atoms with van der Waals surface area (Å²) in [6, 6.07) is 7.62. The minimum atomic E-state index is -0.324. The molecule has 1 aromatic rings. The molecule has 1 aliphatic rings. The van der Waals surface area contributed by atoms with Crippen molar-refractivity contribution in [3.05, 3.63) is 35.9 Å². The zero-order chi connectivity index (χ0) is 15.8. The van der Waals surface area contributed by atoms with Crippen molar-refractivity contribution in [2.75, 3.05) is 29.6 Å². The van der Waals surface area contributed by atoms with Crippen LogP contribution < -0.4 is 4.90 Å². The maximum atomic E-state index is 11.7. The highest BCUT2D eigenvalue weighted by atomic mass is 32.2. The van der Waals surface area contributed by atoms with Crippen molar-refractivity contribution in [3.8, 4) is 0 Å². The van der Waals surface area contributed by atoms with Crippen molar-refractivity contribution < 1.29 is 14.3 Å². The van der Waals surface area contributed by atoms with E-state index < -0.39 is 0 Å². The Morgan fingerprint density at radius 2 is 2.14 bits per heavy atom. The van der Waals surface area contributed by atoms with E-state index in [1.807, 2.05) is 24.3 Å². The lowest BCUT2D eigenvalue weighted by Gasteiger charge is -2.15. The number of ether oxygens (including phenoxy) is 1. The molecule has 4 nitrogen and oxygen atoms in total. The van der Waals surface area contributed by atoms with E-state index in [0.29, 0.717) is 13.0 Å². The molecule has 0 radical (unpaired) electrons. The van der Waals surface area contributed by atoms with Crippen LogP contribution in [0.1, 0.15) is 25.3 Å². The van der Waals surface area contributed by atoms with E-state index in [9.17, 15) is 9.59 Å². The number of benzene rings is 1. The smallest absolute Gasteiger partial charge is 0.330 e. The Hall–Kier alpha value is -1.75. The van der Waals surface area contributed by atoms with E-state index >= 15 is 0 Å². The lowest BCUT2D eigenvalue weighted by atomic mass is 10.2. The van der Waals surface area contributed by atoms with Gasteiger partial charge in [-0.05, 0) is 35.9 Å². The second-order valence-electron chi connectivity index (χ2n) is 4.94. The van der Waals surface area contributed by atoms with Crippen molar-refractivity contribution in [1.29, 1.82) is 0 Å². The summed E-state index contributed by atoms with van der Waals surface area (Å²) in [6.07, 6.45) is 4.71. The maximum Gasteiger partial charge on any atom is 0.330 e. The van der Waals surface area contributed by atoms with E-state index in [2.05, 4.69) is 6.92 Å². The summed E-state index contributed by atoms with van der Waals surface area (Å²) in [5.41, 5.74) is 1.83. The predicted molar refractivity (Wildman–Crippen MR) is 91.0 cm³/mol. The summed E-state index contributed by atoms with van der Waals surface area (Å²) in [4.78, 5) is 25.0. The summed E-state index contributed by atoms with van der Waals surface area (Å²) in [5.74, 6) is 1.71. The fraction of sp³-hybridized carbons (Fsp3) is 0.412. The van der Waals surface area contributed by atoms with Gasteiger partial charge in [-0.3, -0.25) is 4.79 Å². The van der Waals surface area contributed by atoms with Crippen molar-refractivity contribution in [3.63, 3.8) is 0 Å². The molecule has 0 atom stereocenters. The first-order valence-corrected chi connectivity index (χ1v) is 8.69. The minimum Gasteiger partial charge on any atom is -0.462 e. The summed E-state index contributed by atoms with van der Waals surface area (Å²) in [7, 11) is 0. The number of anilines is 1. The molecular weight excluding hydrogens is 298 g/mol. The Balaban J connectivity index is 1.84. The predicted octanol–water partition coefficient (Wildman–Crippen LogP) is 3.12. The largest absolute Gasteiger partial charge is 0.462 e. The van der Waals surface area contributed by atoms with Crippen LogP contribution in [0, 0.1) is 0 Å². The Kier molecular flexibility index (Phi) is 6.52. The first-order valence-electron chi connectivity index (χ1n) is 7.53. The Morgan fingerprint density at radius 1 is 1.36 bits per heavy atom. The Bertz CT molecular complexity index is 539. The molecule has 1 amide bonds. The van der Waals surface area contributed by atoms with Crippen molar-refractivity contribution in [2.45, 2.75) is 19.8 Å². The maximum absolute atomic E-state index is 11.7. The number of nitrogens with zero attached hydrogens (tertiary/aromatic N) is 1. The van der Waals surface area contributed by atoms with Crippen LogP contribution in [0.15, 0.2) is 30.3 Å². The third-order valence-electron chi connectivity index (χ3n) is 3.37. The van der Waals surface area contributed by atoms with Gasteiger partial charge < -0.3 is 9.64 Å². The number of esters is 1. The van der Waals surface area contributed by atoms with Gasteiger partial charge in [0, 0.05) is 30.5 Å². The molecular formula is C17H21NO3S. The quantitative estimate of drug-likeness (QED) is 0.440. The van der Waals surface area contributed by atoms with Crippen molar-refractivity contribution in [2.24, 2.45) is 0 Å². The normalized spacial score (nSPS) is 14.8. The molecule has 1 aromatic carbocycles. The van der Waals surface area contributed by atoms with Crippen LogP contribution in [0.25, 0.3) is 6.08 Å². The van der Waals surface area contributed by atoms with Crippen LogP contribution in [0.3, 0.4) is 0 Å². The molecule has 1 aliphatic heterocycles. The molecule has 0 bridgehead atoms. The van der Waals surface area contributed by atoms with E-state index in [4.69, 9.17) is 4.74 Å². The second-order valence-corrected chi connectivity index (χ2v) is 6.33. The van der Waals surface area contributed by atoms with E-state index in [1.165, 1.54) is 6.08 Å². The van der Waals surface area contributed by atoms with Crippen molar-refractivity contribution >= 4 is 35.4 Å². The monoisotopic (exact) mass is 319 g/mol. The van der Waals surface area contributed by atoms with Gasteiger partial charge in [0.15, 0.2) is 0 Å². The molecule has 2 rings (SSSR count). The molecule has 0 spiro atoms. The zero-order valence-electron chi connectivity index (χ0n) is 12.8. The topological polar surface area (TPSA) is 46.6 Å². The molecule has 0 aliphatic carbocycles. The molecule has 0 N–H and O–H groups in total. The lowest BCUT2D eigenvalue weighted by molar-refractivity contribution is -0.137. The number of thioether (sulfide) groups is 1.